The van der Waals surface area contributed by atoms with Gasteiger partial charge in [0.1, 0.15) is 11.7 Å². The second kappa shape index (κ2) is 7.03. The summed E-state index contributed by atoms with van der Waals surface area (Å²) in [5, 5.41) is 3.08. The molecule has 0 saturated carbocycles. The maximum atomic E-state index is 12.3. The number of nitrogens with one attached hydrogen (secondary N) is 1. The molecule has 7 heteroatoms. The summed E-state index contributed by atoms with van der Waals surface area (Å²) < 4.78 is 9.85. The number of anilines is 1. The summed E-state index contributed by atoms with van der Waals surface area (Å²) >= 11 is 0. The van der Waals surface area contributed by atoms with E-state index in [4.69, 9.17) is 4.74 Å². The van der Waals surface area contributed by atoms with Gasteiger partial charge < -0.3 is 19.7 Å². The number of nitrogens with zero attached hydrogens (tertiary/aromatic N) is 2. The fraction of sp³-hybridized carbons (Fsp3) is 0.500. The fourth-order valence-corrected chi connectivity index (χ4v) is 2.11. The molecule has 1 unspecified atom stereocenters. The van der Waals surface area contributed by atoms with Gasteiger partial charge in [0.15, 0.2) is 0 Å². The fourth-order valence-electron chi connectivity index (χ4n) is 2.11. The standard InChI is InChI=1S/C14H19N3O4/c1-10(13(18)17-5-7-21-8-6-17)16-11-3-4-15-12(9-11)14(19)20-2/h3-4,9-10H,5-8H2,1-2H3,(H,15,16). The number of ether oxygens (including phenoxy) is 2. The molecule has 1 amide bonds. The molecular weight excluding hydrogens is 274 g/mol. The maximum absolute atomic E-state index is 12.3. The lowest BCUT2D eigenvalue weighted by Gasteiger charge is -2.29. The summed E-state index contributed by atoms with van der Waals surface area (Å²) in [6, 6.07) is 2.88. The molecule has 1 aliphatic rings. The molecule has 1 aromatic heterocycles. The van der Waals surface area contributed by atoms with Crippen molar-refractivity contribution in [2.24, 2.45) is 0 Å². The van der Waals surface area contributed by atoms with Gasteiger partial charge in [0.25, 0.3) is 0 Å². The number of esters is 1. The van der Waals surface area contributed by atoms with Crippen LogP contribution in [0.3, 0.4) is 0 Å². The number of amides is 1. The van der Waals surface area contributed by atoms with Gasteiger partial charge in [-0.15, -0.1) is 0 Å². The summed E-state index contributed by atoms with van der Waals surface area (Å²) in [6.07, 6.45) is 1.50. The first kappa shape index (κ1) is 15.2. The predicted molar refractivity (Wildman–Crippen MR) is 76.1 cm³/mol. The Hall–Kier alpha value is -2.15. The molecule has 1 fully saturated rings. The second-order valence-electron chi connectivity index (χ2n) is 4.73. The van der Waals surface area contributed by atoms with Crippen LogP contribution in [-0.4, -0.2) is 61.2 Å². The molecule has 0 bridgehead atoms. The molecule has 0 radical (unpaired) electrons. The molecule has 1 N–H and O–H groups in total. The zero-order chi connectivity index (χ0) is 15.2. The molecule has 1 aliphatic heterocycles. The molecule has 1 atom stereocenters. The lowest BCUT2D eigenvalue weighted by Crippen LogP contribution is -2.47. The average Bonchev–Trinajstić information content (AvgIpc) is 2.54. The van der Waals surface area contributed by atoms with E-state index in [1.54, 1.807) is 24.0 Å². The number of methoxy groups -OCH3 is 1. The van der Waals surface area contributed by atoms with Crippen LogP contribution < -0.4 is 5.32 Å². The van der Waals surface area contributed by atoms with Crippen LogP contribution in [-0.2, 0) is 14.3 Å². The van der Waals surface area contributed by atoms with E-state index in [9.17, 15) is 9.59 Å². The van der Waals surface area contributed by atoms with E-state index >= 15 is 0 Å². The summed E-state index contributed by atoms with van der Waals surface area (Å²) in [4.78, 5) is 29.4. The highest BCUT2D eigenvalue weighted by Crippen LogP contribution is 2.12. The second-order valence-corrected chi connectivity index (χ2v) is 4.73. The summed E-state index contributed by atoms with van der Waals surface area (Å²) in [5.74, 6) is -0.500. The van der Waals surface area contributed by atoms with Crippen LogP contribution in [0.15, 0.2) is 18.3 Å². The van der Waals surface area contributed by atoms with Gasteiger partial charge in [0, 0.05) is 25.0 Å². The normalized spacial score (nSPS) is 16.2. The SMILES string of the molecule is COC(=O)c1cc(NC(C)C(=O)N2CCOCC2)ccn1. The number of aromatic nitrogens is 1. The Morgan fingerprint density at radius 3 is 2.81 bits per heavy atom. The number of pyridine rings is 1. The van der Waals surface area contributed by atoms with Gasteiger partial charge in [0.2, 0.25) is 5.91 Å². The van der Waals surface area contributed by atoms with Gasteiger partial charge in [-0.25, -0.2) is 9.78 Å². The molecule has 0 aromatic carbocycles. The third-order valence-electron chi connectivity index (χ3n) is 3.23. The first-order chi connectivity index (χ1) is 10.1. The summed E-state index contributed by atoms with van der Waals surface area (Å²) in [5.41, 5.74) is 0.855. The van der Waals surface area contributed by atoms with Crippen molar-refractivity contribution >= 4 is 17.6 Å². The van der Waals surface area contributed by atoms with E-state index < -0.39 is 12.0 Å². The first-order valence-corrected chi connectivity index (χ1v) is 6.79. The molecule has 114 valence electrons. The zero-order valence-electron chi connectivity index (χ0n) is 12.2. The van der Waals surface area contributed by atoms with Crippen LogP contribution in [0.5, 0.6) is 0 Å². The Kier molecular flexibility index (Phi) is 5.10. The largest absolute Gasteiger partial charge is 0.464 e. The highest BCUT2D eigenvalue weighted by atomic mass is 16.5. The molecule has 1 aromatic rings. The highest BCUT2D eigenvalue weighted by Gasteiger charge is 2.22. The zero-order valence-corrected chi connectivity index (χ0v) is 12.2. The van der Waals surface area contributed by atoms with E-state index in [0.717, 1.165) is 0 Å². The number of hydrogen-bond acceptors (Lipinski definition) is 6. The van der Waals surface area contributed by atoms with E-state index in [2.05, 4.69) is 15.0 Å². The minimum absolute atomic E-state index is 0.00901. The molecule has 0 spiro atoms. The Bertz CT molecular complexity index is 515. The van der Waals surface area contributed by atoms with Crippen LogP contribution in [0.1, 0.15) is 17.4 Å². The van der Waals surface area contributed by atoms with Gasteiger partial charge in [-0.05, 0) is 19.1 Å². The van der Waals surface area contributed by atoms with Crippen molar-refractivity contribution in [3.8, 4) is 0 Å². The van der Waals surface area contributed by atoms with Gasteiger partial charge in [-0.2, -0.15) is 0 Å². The molecule has 7 nitrogen and oxygen atoms in total. The Morgan fingerprint density at radius 2 is 2.14 bits per heavy atom. The van der Waals surface area contributed by atoms with E-state index in [-0.39, 0.29) is 11.6 Å². The van der Waals surface area contributed by atoms with Crippen molar-refractivity contribution in [3.63, 3.8) is 0 Å². The highest BCUT2D eigenvalue weighted by molar-refractivity contribution is 5.89. The minimum Gasteiger partial charge on any atom is -0.464 e. The monoisotopic (exact) mass is 293 g/mol. The molecule has 1 saturated heterocycles. The molecule has 21 heavy (non-hydrogen) atoms. The van der Waals surface area contributed by atoms with Crippen molar-refractivity contribution in [3.05, 3.63) is 24.0 Å². The average molecular weight is 293 g/mol. The number of carbonyl (C=O) groups excluding carboxylic acids is 2. The lowest BCUT2D eigenvalue weighted by atomic mass is 10.2. The Balaban J connectivity index is 2.00. The Morgan fingerprint density at radius 1 is 1.43 bits per heavy atom. The molecular formula is C14H19N3O4. The number of hydrogen-bond donors (Lipinski definition) is 1. The van der Waals surface area contributed by atoms with Crippen molar-refractivity contribution in [2.45, 2.75) is 13.0 Å². The van der Waals surface area contributed by atoms with Crippen LogP contribution in [0, 0.1) is 0 Å². The molecule has 2 heterocycles. The van der Waals surface area contributed by atoms with Crippen molar-refractivity contribution in [2.75, 3.05) is 38.7 Å². The quantitative estimate of drug-likeness (QED) is 0.816. The first-order valence-electron chi connectivity index (χ1n) is 6.79. The maximum Gasteiger partial charge on any atom is 0.356 e. The summed E-state index contributed by atoms with van der Waals surface area (Å²) in [6.45, 7) is 4.14. The molecule has 0 aliphatic carbocycles. The van der Waals surface area contributed by atoms with E-state index in [1.807, 2.05) is 0 Å². The third kappa shape index (κ3) is 3.91. The third-order valence-corrected chi connectivity index (χ3v) is 3.23. The van der Waals surface area contributed by atoms with Crippen molar-refractivity contribution in [1.29, 1.82) is 0 Å². The topological polar surface area (TPSA) is 80.8 Å². The smallest absolute Gasteiger partial charge is 0.356 e. The number of rotatable bonds is 4. The van der Waals surface area contributed by atoms with Gasteiger partial charge in [-0.3, -0.25) is 4.79 Å². The summed E-state index contributed by atoms with van der Waals surface area (Å²) in [7, 11) is 1.30. The van der Waals surface area contributed by atoms with Crippen LogP contribution in [0.2, 0.25) is 0 Å². The van der Waals surface area contributed by atoms with Crippen LogP contribution in [0.25, 0.3) is 0 Å². The van der Waals surface area contributed by atoms with Crippen LogP contribution >= 0.6 is 0 Å². The number of morpholine rings is 1. The van der Waals surface area contributed by atoms with Gasteiger partial charge >= 0.3 is 5.97 Å². The van der Waals surface area contributed by atoms with Crippen molar-refractivity contribution < 1.29 is 19.1 Å². The van der Waals surface area contributed by atoms with E-state index in [1.165, 1.54) is 13.3 Å². The number of carbonyl (C=O) groups is 2. The van der Waals surface area contributed by atoms with Crippen LogP contribution in [0.4, 0.5) is 5.69 Å². The molecule has 2 rings (SSSR count). The van der Waals surface area contributed by atoms with Gasteiger partial charge in [0.05, 0.1) is 20.3 Å². The predicted octanol–water partition coefficient (Wildman–Crippen LogP) is 0.527. The Labute approximate surface area is 123 Å². The van der Waals surface area contributed by atoms with Gasteiger partial charge in [-0.1, -0.05) is 0 Å². The minimum atomic E-state index is -0.509. The lowest BCUT2D eigenvalue weighted by molar-refractivity contribution is -0.135. The van der Waals surface area contributed by atoms with Crippen molar-refractivity contribution in [1.82, 2.24) is 9.88 Å². The van der Waals surface area contributed by atoms with E-state index in [0.29, 0.717) is 32.0 Å².